The molecule has 2 saturated carbocycles. The smallest absolute Gasteiger partial charge is 0.305 e. The van der Waals surface area contributed by atoms with Crippen molar-refractivity contribution in [2.24, 2.45) is 17.8 Å². The second-order valence-electron chi connectivity index (χ2n) is 7.00. The van der Waals surface area contributed by atoms with Crippen molar-refractivity contribution in [1.29, 1.82) is 0 Å². The van der Waals surface area contributed by atoms with Gasteiger partial charge in [0.25, 0.3) is 0 Å². The van der Waals surface area contributed by atoms with Crippen molar-refractivity contribution >= 4 is 29.2 Å². The fraction of sp³-hybridized carbons (Fsp3) is 0.421. The predicted octanol–water partition coefficient (Wildman–Crippen LogP) is 4.75. The van der Waals surface area contributed by atoms with Crippen molar-refractivity contribution in [3.8, 4) is 0 Å². The molecule has 2 heterocycles. The van der Waals surface area contributed by atoms with E-state index in [9.17, 15) is 4.79 Å². The van der Waals surface area contributed by atoms with Gasteiger partial charge in [-0.25, -0.2) is 0 Å². The standard InChI is InChI=1S/C19H19NOS2/c21-19-20-18-17(23-19)14(9-6-11-4-2-1-3-5-11)15-12-7-8-13(10-12)16(15)22-18/h1-6,9,12-16H,7-8,10H2,(H,20,21)/b9-6+/t12-,13-,14-,15-,16-/m1/s1. The lowest BCUT2D eigenvalue weighted by Crippen LogP contribution is -2.32. The molecule has 2 fully saturated rings. The van der Waals surface area contributed by atoms with E-state index >= 15 is 0 Å². The third kappa shape index (κ3) is 2.26. The van der Waals surface area contributed by atoms with Crippen LogP contribution in [0.4, 0.5) is 0 Å². The van der Waals surface area contributed by atoms with Crippen molar-refractivity contribution in [2.75, 3.05) is 0 Å². The Labute approximate surface area is 144 Å². The molecule has 0 saturated heterocycles. The van der Waals surface area contributed by atoms with E-state index in [0.29, 0.717) is 11.2 Å². The highest BCUT2D eigenvalue weighted by Crippen LogP contribution is 2.62. The summed E-state index contributed by atoms with van der Waals surface area (Å²) < 4.78 is 0. The van der Waals surface area contributed by atoms with E-state index in [2.05, 4.69) is 47.5 Å². The molecule has 3 aliphatic rings. The van der Waals surface area contributed by atoms with Crippen LogP contribution in [0.1, 0.15) is 35.6 Å². The zero-order valence-electron chi connectivity index (χ0n) is 12.8. The maximum Gasteiger partial charge on any atom is 0.305 e. The number of benzene rings is 1. The van der Waals surface area contributed by atoms with Crippen LogP contribution in [-0.2, 0) is 0 Å². The lowest BCUT2D eigenvalue weighted by atomic mass is 9.77. The summed E-state index contributed by atoms with van der Waals surface area (Å²) in [6.07, 6.45) is 8.79. The van der Waals surface area contributed by atoms with Crippen LogP contribution in [0.5, 0.6) is 0 Å². The van der Waals surface area contributed by atoms with Gasteiger partial charge < -0.3 is 4.98 Å². The number of rotatable bonds is 2. The van der Waals surface area contributed by atoms with Crippen LogP contribution in [-0.4, -0.2) is 10.2 Å². The summed E-state index contributed by atoms with van der Waals surface area (Å²) in [5.41, 5.74) is 1.25. The molecule has 2 aromatic rings. The first-order valence-electron chi connectivity index (χ1n) is 8.42. The normalized spacial score (nSPS) is 34.7. The van der Waals surface area contributed by atoms with Crippen molar-refractivity contribution in [2.45, 2.75) is 35.5 Å². The maximum atomic E-state index is 11.9. The first-order chi connectivity index (χ1) is 11.3. The largest absolute Gasteiger partial charge is 0.307 e. The summed E-state index contributed by atoms with van der Waals surface area (Å²) in [6, 6.07) is 10.5. The number of H-pyrrole nitrogens is 1. The Morgan fingerprint density at radius 1 is 1.13 bits per heavy atom. The average Bonchev–Trinajstić information content (AvgIpc) is 3.26. The zero-order valence-corrected chi connectivity index (χ0v) is 14.4. The van der Waals surface area contributed by atoms with Gasteiger partial charge in [0, 0.05) is 16.0 Å². The molecule has 1 N–H and O–H groups in total. The monoisotopic (exact) mass is 341 g/mol. The second kappa shape index (κ2) is 5.38. The Balaban J connectivity index is 1.56. The molecule has 0 unspecified atom stereocenters. The fourth-order valence-corrected chi connectivity index (χ4v) is 7.76. The van der Waals surface area contributed by atoms with Gasteiger partial charge in [0.15, 0.2) is 0 Å². The molecule has 2 aliphatic carbocycles. The van der Waals surface area contributed by atoms with Crippen LogP contribution in [0.2, 0.25) is 0 Å². The van der Waals surface area contributed by atoms with E-state index in [-0.39, 0.29) is 4.87 Å². The first kappa shape index (κ1) is 14.1. The SMILES string of the molecule is O=c1[nH]c2c(s1)[C@H](/C=C/c1ccccc1)[C@H]1[C@@H]3CC[C@H](C3)[C@H]1S2. The number of hydrogen-bond acceptors (Lipinski definition) is 3. The van der Waals surface area contributed by atoms with E-state index in [0.717, 1.165) is 22.8 Å². The van der Waals surface area contributed by atoms with E-state index in [4.69, 9.17) is 0 Å². The van der Waals surface area contributed by atoms with Crippen molar-refractivity contribution in [3.05, 3.63) is 56.5 Å². The highest BCUT2D eigenvalue weighted by atomic mass is 32.2. The molecule has 0 radical (unpaired) electrons. The van der Waals surface area contributed by atoms with Gasteiger partial charge in [-0.15, -0.1) is 11.8 Å². The molecule has 5 atom stereocenters. The van der Waals surface area contributed by atoms with E-state index in [1.807, 2.05) is 11.8 Å². The van der Waals surface area contributed by atoms with Gasteiger partial charge in [-0.1, -0.05) is 53.8 Å². The number of thiazole rings is 1. The highest BCUT2D eigenvalue weighted by Gasteiger charge is 2.53. The van der Waals surface area contributed by atoms with Crippen LogP contribution in [0, 0.1) is 17.8 Å². The third-order valence-electron chi connectivity index (χ3n) is 5.81. The molecule has 1 aliphatic heterocycles. The number of fused-ring (bicyclic) bond motifs is 6. The minimum Gasteiger partial charge on any atom is -0.307 e. The van der Waals surface area contributed by atoms with Crippen molar-refractivity contribution in [1.82, 2.24) is 4.98 Å². The summed E-state index contributed by atoms with van der Waals surface area (Å²) in [7, 11) is 0. The number of thioether (sulfide) groups is 1. The lowest BCUT2D eigenvalue weighted by Gasteiger charge is -2.38. The van der Waals surface area contributed by atoms with Crippen LogP contribution in [0.3, 0.4) is 0 Å². The Morgan fingerprint density at radius 2 is 1.96 bits per heavy atom. The fourth-order valence-electron chi connectivity index (χ4n) is 4.89. The van der Waals surface area contributed by atoms with E-state index in [1.165, 1.54) is 41.0 Å². The molecule has 2 nitrogen and oxygen atoms in total. The molecule has 1 aromatic carbocycles. The minimum absolute atomic E-state index is 0.105. The molecular weight excluding hydrogens is 322 g/mol. The summed E-state index contributed by atoms with van der Waals surface area (Å²) in [5.74, 6) is 2.85. The second-order valence-corrected chi connectivity index (χ2v) is 9.20. The molecule has 1 aromatic heterocycles. The first-order valence-corrected chi connectivity index (χ1v) is 10.1. The lowest BCUT2D eigenvalue weighted by molar-refractivity contribution is 0.312. The van der Waals surface area contributed by atoms with E-state index in [1.54, 1.807) is 0 Å². The molecular formula is C19H19NOS2. The third-order valence-corrected chi connectivity index (χ3v) is 8.45. The number of allylic oxidation sites excluding steroid dienone is 1. The topological polar surface area (TPSA) is 32.9 Å². The van der Waals surface area contributed by atoms with Crippen molar-refractivity contribution < 1.29 is 0 Å². The van der Waals surface area contributed by atoms with Crippen LogP contribution in [0.15, 0.2) is 46.2 Å². The highest BCUT2D eigenvalue weighted by molar-refractivity contribution is 8.00. The van der Waals surface area contributed by atoms with Gasteiger partial charge in [-0.05, 0) is 42.6 Å². The number of hydrogen-bond donors (Lipinski definition) is 1. The summed E-state index contributed by atoms with van der Waals surface area (Å²) in [5, 5.41) is 1.86. The molecule has 23 heavy (non-hydrogen) atoms. The summed E-state index contributed by atoms with van der Waals surface area (Å²) >= 11 is 3.38. The molecule has 118 valence electrons. The summed E-state index contributed by atoms with van der Waals surface area (Å²) in [6.45, 7) is 0. The van der Waals surface area contributed by atoms with Gasteiger partial charge in [-0.2, -0.15) is 0 Å². The van der Waals surface area contributed by atoms with Crippen molar-refractivity contribution in [3.63, 3.8) is 0 Å². The molecule has 0 amide bonds. The van der Waals surface area contributed by atoms with E-state index < -0.39 is 0 Å². The Kier molecular flexibility index (Phi) is 3.30. The van der Waals surface area contributed by atoms with Crippen LogP contribution >= 0.6 is 23.1 Å². The maximum absolute atomic E-state index is 11.9. The summed E-state index contributed by atoms with van der Waals surface area (Å²) in [4.78, 5) is 16.4. The van der Waals surface area contributed by atoms with Crippen LogP contribution in [0.25, 0.3) is 6.08 Å². The minimum atomic E-state index is 0.105. The average molecular weight is 342 g/mol. The van der Waals surface area contributed by atoms with Gasteiger partial charge >= 0.3 is 4.87 Å². The van der Waals surface area contributed by atoms with Gasteiger partial charge in [0.05, 0.1) is 5.03 Å². The predicted molar refractivity (Wildman–Crippen MR) is 97.1 cm³/mol. The Morgan fingerprint density at radius 3 is 2.83 bits per heavy atom. The quantitative estimate of drug-likeness (QED) is 0.855. The number of aromatic amines is 1. The molecule has 2 bridgehead atoms. The van der Waals surface area contributed by atoms with Gasteiger partial charge in [0.1, 0.15) is 0 Å². The number of nitrogens with one attached hydrogen (secondary N) is 1. The Hall–Kier alpha value is -1.26. The zero-order chi connectivity index (χ0) is 15.4. The Bertz CT molecular complexity index is 806. The van der Waals surface area contributed by atoms with Gasteiger partial charge in [-0.3, -0.25) is 4.79 Å². The van der Waals surface area contributed by atoms with Crippen LogP contribution < -0.4 is 4.87 Å². The number of aromatic nitrogens is 1. The molecule has 0 spiro atoms. The molecule has 4 heteroatoms. The van der Waals surface area contributed by atoms with Gasteiger partial charge in [0.2, 0.25) is 0 Å². The molecule has 5 rings (SSSR count).